The van der Waals surface area contributed by atoms with Gasteiger partial charge < -0.3 is 23.7 Å². The van der Waals surface area contributed by atoms with E-state index in [1.54, 1.807) is 0 Å². The molecule has 0 aromatic heterocycles. The van der Waals surface area contributed by atoms with E-state index in [0.29, 0.717) is 18.6 Å². The van der Waals surface area contributed by atoms with Gasteiger partial charge >= 0.3 is 5.97 Å². The molecule has 0 radical (unpaired) electrons. The lowest BCUT2D eigenvalue weighted by atomic mass is 9.93. The Morgan fingerprint density at radius 1 is 0.864 bits per heavy atom. The number of carbonyl (C=O) groups excluding carboxylic acids is 1. The topological polar surface area (TPSA) is 74.2 Å². The van der Waals surface area contributed by atoms with Crippen molar-refractivity contribution in [1.82, 2.24) is 0 Å². The van der Waals surface area contributed by atoms with E-state index < -0.39 is 40.5 Å². The van der Waals surface area contributed by atoms with Crippen molar-refractivity contribution < 1.29 is 28.5 Å². The zero-order valence-corrected chi connectivity index (χ0v) is 39.3. The highest BCUT2D eigenvalue weighted by Gasteiger charge is 2.51. The van der Waals surface area contributed by atoms with E-state index in [0.717, 1.165) is 29.2 Å². The van der Waals surface area contributed by atoms with Gasteiger partial charge in [0, 0.05) is 20.1 Å². The normalized spacial score (nSPS) is 18.9. The number of aliphatic hydroxyl groups is 1. The summed E-state index contributed by atoms with van der Waals surface area (Å²) in [5.74, 6) is -1.23. The Morgan fingerprint density at radius 3 is 2.00 bits per heavy atom. The third-order valence-corrected chi connectivity index (χ3v) is 18.1. The van der Waals surface area contributed by atoms with Crippen LogP contribution in [0.3, 0.4) is 0 Å². The van der Waals surface area contributed by atoms with Crippen LogP contribution in [0.2, 0.25) is 30.7 Å². The van der Waals surface area contributed by atoms with Crippen molar-refractivity contribution in [3.05, 3.63) is 149 Å². The SMILES string of the molecule is Cc1cc(C)c(C(=O)OCC[Si](C)(C)C)c(/C=C/C[C@@H]2OC(C)(C)O[C@@H]2C(O)/C=C\[C@@H](Cc2ccccc2)[C@H](C)O[Si](c2ccccc2)(c2ccccc2)C(C)(C)C)c1. The van der Waals surface area contributed by atoms with Crippen molar-refractivity contribution in [2.75, 3.05) is 6.61 Å². The molecule has 4 aromatic rings. The van der Waals surface area contributed by atoms with Gasteiger partial charge in [-0.1, -0.05) is 173 Å². The number of aliphatic hydroxyl groups excluding tert-OH is 1. The smallest absolute Gasteiger partial charge is 0.338 e. The second kappa shape index (κ2) is 19.7. The van der Waals surface area contributed by atoms with Crippen LogP contribution in [0.1, 0.15) is 80.6 Å². The first kappa shape index (κ1) is 46.2. The van der Waals surface area contributed by atoms with E-state index in [2.05, 4.69) is 138 Å². The minimum atomic E-state index is -2.86. The fraction of sp³-hybridized carbons (Fsp3) is 0.431. The summed E-state index contributed by atoms with van der Waals surface area (Å²) in [4.78, 5) is 13.4. The van der Waals surface area contributed by atoms with Gasteiger partial charge in [-0.3, -0.25) is 0 Å². The Labute approximate surface area is 356 Å². The zero-order valence-electron chi connectivity index (χ0n) is 37.3. The summed E-state index contributed by atoms with van der Waals surface area (Å²) in [6.07, 6.45) is 7.05. The zero-order chi connectivity index (χ0) is 43.0. The minimum absolute atomic E-state index is 0.0594. The number of esters is 1. The van der Waals surface area contributed by atoms with Gasteiger partial charge in [0.25, 0.3) is 8.32 Å². The first-order valence-electron chi connectivity index (χ1n) is 21.3. The van der Waals surface area contributed by atoms with E-state index in [9.17, 15) is 9.90 Å². The van der Waals surface area contributed by atoms with Gasteiger partial charge in [-0.05, 0) is 85.6 Å². The van der Waals surface area contributed by atoms with Gasteiger partial charge in [0.15, 0.2) is 5.79 Å². The molecule has 4 aromatic carbocycles. The molecule has 0 aliphatic carbocycles. The minimum Gasteiger partial charge on any atom is -0.462 e. The number of ether oxygens (including phenoxy) is 3. The summed E-state index contributed by atoms with van der Waals surface area (Å²) in [6, 6.07) is 36.9. The molecule has 5 atom stereocenters. The fourth-order valence-corrected chi connectivity index (χ4v) is 13.8. The van der Waals surface area contributed by atoms with Gasteiger partial charge in [0.1, 0.15) is 12.2 Å². The fourth-order valence-electron chi connectivity index (χ4n) is 8.30. The van der Waals surface area contributed by atoms with E-state index in [1.807, 2.05) is 64.1 Å². The predicted octanol–water partition coefficient (Wildman–Crippen LogP) is 10.5. The number of rotatable bonds is 17. The molecule has 1 heterocycles. The second-order valence-electron chi connectivity index (χ2n) is 19.0. The van der Waals surface area contributed by atoms with Crippen LogP contribution in [0.4, 0.5) is 0 Å². The standard InChI is InChI=1S/C51H68O6Si2/c1-37-34-38(2)47(49(53)54-32-33-58(9,10)11)42(35-37)24-21-29-46-48(56-51(7,8)55-46)45(52)31-30-41(36-40-22-15-12-16-23-40)39(3)57-59(50(4,5)6,43-25-17-13-18-26-43)44-27-19-14-20-28-44/h12-28,30-31,34-35,39,41,45-46,48,52H,29,32-33,36H2,1-11H3/b24-21+,31-30-/t39-,41-,45?,46-,48+/m0/s1. The van der Waals surface area contributed by atoms with Crippen LogP contribution in [0.5, 0.6) is 0 Å². The van der Waals surface area contributed by atoms with Crippen molar-refractivity contribution in [3.63, 3.8) is 0 Å². The van der Waals surface area contributed by atoms with Crippen LogP contribution in [-0.4, -0.2) is 64.3 Å². The summed E-state index contributed by atoms with van der Waals surface area (Å²) < 4.78 is 26.2. The first-order valence-corrected chi connectivity index (χ1v) is 26.9. The molecule has 1 N–H and O–H groups in total. The molecule has 8 heteroatoms. The number of hydrogen-bond acceptors (Lipinski definition) is 6. The molecule has 0 spiro atoms. The summed E-state index contributed by atoms with van der Waals surface area (Å²) in [5.41, 5.74) is 4.56. The van der Waals surface area contributed by atoms with Crippen molar-refractivity contribution in [1.29, 1.82) is 0 Å². The largest absolute Gasteiger partial charge is 0.462 e. The average Bonchev–Trinajstić information content (AvgIpc) is 3.48. The Hall–Kier alpha value is -3.90. The Kier molecular flexibility index (Phi) is 15.4. The number of aryl methyl sites for hydroxylation is 2. The Balaban J connectivity index is 1.41. The monoisotopic (exact) mass is 832 g/mol. The van der Waals surface area contributed by atoms with Crippen molar-refractivity contribution in [2.24, 2.45) is 5.92 Å². The maximum atomic E-state index is 13.4. The first-order chi connectivity index (χ1) is 27.8. The molecule has 59 heavy (non-hydrogen) atoms. The third-order valence-electron chi connectivity index (χ3n) is 11.3. The molecule has 1 saturated heterocycles. The summed E-state index contributed by atoms with van der Waals surface area (Å²) in [6.45, 7) is 24.1. The second-order valence-corrected chi connectivity index (χ2v) is 28.9. The lowest BCUT2D eigenvalue weighted by molar-refractivity contribution is -0.152. The molecule has 0 saturated carbocycles. The van der Waals surface area contributed by atoms with E-state index in [-0.39, 0.29) is 23.0 Å². The van der Waals surface area contributed by atoms with Crippen molar-refractivity contribution >= 4 is 38.8 Å². The summed E-state index contributed by atoms with van der Waals surface area (Å²) in [7, 11) is -4.21. The quantitative estimate of drug-likeness (QED) is 0.0649. The summed E-state index contributed by atoms with van der Waals surface area (Å²) in [5, 5.41) is 14.2. The lowest BCUT2D eigenvalue weighted by Gasteiger charge is -2.45. The van der Waals surface area contributed by atoms with Crippen LogP contribution in [0.15, 0.2) is 121 Å². The van der Waals surface area contributed by atoms with E-state index in [4.69, 9.17) is 18.6 Å². The van der Waals surface area contributed by atoms with Gasteiger partial charge in [0.2, 0.25) is 0 Å². The molecule has 5 rings (SSSR count). The number of benzene rings is 4. The predicted molar refractivity (Wildman–Crippen MR) is 249 cm³/mol. The molecule has 6 nitrogen and oxygen atoms in total. The maximum Gasteiger partial charge on any atom is 0.338 e. The highest BCUT2D eigenvalue weighted by molar-refractivity contribution is 6.99. The molecular formula is C51H68O6Si2. The highest BCUT2D eigenvalue weighted by atomic mass is 28.4. The number of hydrogen-bond donors (Lipinski definition) is 1. The third kappa shape index (κ3) is 12.1. The molecular weight excluding hydrogens is 765 g/mol. The van der Waals surface area contributed by atoms with E-state index >= 15 is 0 Å². The van der Waals surface area contributed by atoms with Crippen LogP contribution in [0.25, 0.3) is 6.08 Å². The highest BCUT2D eigenvalue weighted by Crippen LogP contribution is 2.39. The average molecular weight is 833 g/mol. The molecule has 316 valence electrons. The molecule has 1 unspecified atom stereocenters. The van der Waals surface area contributed by atoms with Crippen LogP contribution >= 0.6 is 0 Å². The van der Waals surface area contributed by atoms with Gasteiger partial charge in [-0.15, -0.1) is 0 Å². The molecule has 1 aliphatic rings. The van der Waals surface area contributed by atoms with Gasteiger partial charge in [-0.2, -0.15) is 0 Å². The van der Waals surface area contributed by atoms with Crippen LogP contribution in [-0.2, 0) is 25.1 Å². The number of carbonyl (C=O) groups is 1. The van der Waals surface area contributed by atoms with Crippen LogP contribution < -0.4 is 10.4 Å². The molecule has 1 aliphatic heterocycles. The Morgan fingerprint density at radius 2 is 1.44 bits per heavy atom. The molecule has 1 fully saturated rings. The van der Waals surface area contributed by atoms with Gasteiger partial charge in [-0.25, -0.2) is 4.79 Å². The molecule has 0 bridgehead atoms. The molecule has 0 amide bonds. The maximum absolute atomic E-state index is 13.4. The van der Waals surface area contributed by atoms with Crippen molar-refractivity contribution in [2.45, 2.75) is 129 Å². The lowest BCUT2D eigenvalue weighted by Crippen LogP contribution is -2.68. The van der Waals surface area contributed by atoms with Crippen LogP contribution in [0, 0.1) is 19.8 Å². The van der Waals surface area contributed by atoms with E-state index in [1.165, 1.54) is 15.9 Å². The van der Waals surface area contributed by atoms with Crippen molar-refractivity contribution in [3.8, 4) is 0 Å². The van der Waals surface area contributed by atoms with Gasteiger partial charge in [0.05, 0.1) is 18.3 Å². The summed E-state index contributed by atoms with van der Waals surface area (Å²) >= 11 is 0. The Bertz CT molecular complexity index is 1970.